The number of hydrogen-bond donors (Lipinski definition) is 2. The lowest BCUT2D eigenvalue weighted by Gasteiger charge is -2.12. The summed E-state index contributed by atoms with van der Waals surface area (Å²) in [5, 5.41) is 16.2. The molecule has 36 heavy (non-hydrogen) atoms. The molecule has 0 saturated carbocycles. The zero-order valence-electron chi connectivity index (χ0n) is 19.2. The number of halogens is 1. The van der Waals surface area contributed by atoms with Crippen LogP contribution >= 0.6 is 11.6 Å². The topological polar surface area (TPSA) is 127 Å². The van der Waals surface area contributed by atoms with Gasteiger partial charge in [-0.1, -0.05) is 41.4 Å². The van der Waals surface area contributed by atoms with Crippen LogP contribution in [-0.2, 0) is 10.0 Å². The number of nitro benzene ring substituents is 1. The minimum absolute atomic E-state index is 0.0135. The molecule has 0 aliphatic heterocycles. The number of furan rings is 1. The minimum atomic E-state index is -4.06. The van der Waals surface area contributed by atoms with Crippen molar-refractivity contribution in [1.82, 2.24) is 0 Å². The standard InChI is InChI=1S/C25H21ClN4O5S/c1-16-7-10-22(17(2)13-16)29-36(33,34)19-9-11-23(24(14-19)30(31)32)28-27-15-18-8-12-25(35-18)20-5-3-4-6-21(20)26/h3-15,28-29H,1-2H3. The molecule has 0 fully saturated rings. The molecule has 9 nitrogen and oxygen atoms in total. The van der Waals surface area contributed by atoms with Gasteiger partial charge in [0, 0.05) is 11.6 Å². The molecule has 4 aromatic rings. The Labute approximate surface area is 212 Å². The first kappa shape index (κ1) is 25.0. The Hall–Kier alpha value is -4.15. The Kier molecular flexibility index (Phi) is 7.09. The molecule has 1 aromatic heterocycles. The van der Waals surface area contributed by atoms with Crippen molar-refractivity contribution in [2.45, 2.75) is 18.7 Å². The second-order valence-corrected chi connectivity index (χ2v) is 10.0. The van der Waals surface area contributed by atoms with E-state index in [-0.39, 0.29) is 10.6 Å². The van der Waals surface area contributed by atoms with Crippen LogP contribution in [0, 0.1) is 24.0 Å². The van der Waals surface area contributed by atoms with Crippen molar-refractivity contribution in [3.63, 3.8) is 0 Å². The highest BCUT2D eigenvalue weighted by Gasteiger charge is 2.22. The SMILES string of the molecule is Cc1ccc(NS(=O)(=O)c2ccc(NN=Cc3ccc(-c4ccccc4Cl)o3)c([N+](=O)[O-])c2)c(C)c1. The van der Waals surface area contributed by atoms with E-state index in [4.69, 9.17) is 16.0 Å². The molecule has 2 N–H and O–H groups in total. The maximum Gasteiger partial charge on any atom is 0.295 e. The van der Waals surface area contributed by atoms with Crippen molar-refractivity contribution in [3.05, 3.63) is 105 Å². The quantitative estimate of drug-likeness (QED) is 0.156. The maximum atomic E-state index is 12.9. The van der Waals surface area contributed by atoms with E-state index >= 15 is 0 Å². The van der Waals surface area contributed by atoms with Crippen LogP contribution in [0.2, 0.25) is 5.02 Å². The van der Waals surface area contributed by atoms with E-state index in [1.165, 1.54) is 18.3 Å². The summed E-state index contributed by atoms with van der Waals surface area (Å²) in [6.07, 6.45) is 1.34. The first-order valence-electron chi connectivity index (χ1n) is 10.7. The van der Waals surface area contributed by atoms with Crippen LogP contribution in [0.1, 0.15) is 16.9 Å². The van der Waals surface area contributed by atoms with Gasteiger partial charge in [0.25, 0.3) is 15.7 Å². The maximum absolute atomic E-state index is 12.9. The van der Waals surface area contributed by atoms with Crippen molar-refractivity contribution in [2.24, 2.45) is 5.10 Å². The van der Waals surface area contributed by atoms with Crippen molar-refractivity contribution in [3.8, 4) is 11.3 Å². The molecule has 0 spiro atoms. The van der Waals surface area contributed by atoms with Gasteiger partial charge in [0.2, 0.25) is 0 Å². The molecule has 11 heteroatoms. The van der Waals surface area contributed by atoms with Crippen molar-refractivity contribution >= 4 is 44.9 Å². The summed E-state index contributed by atoms with van der Waals surface area (Å²) in [5.41, 5.74) is 4.96. The Balaban J connectivity index is 1.53. The van der Waals surface area contributed by atoms with Gasteiger partial charge in [0.1, 0.15) is 17.2 Å². The number of hydrogen-bond acceptors (Lipinski definition) is 7. The highest BCUT2D eigenvalue weighted by Crippen LogP contribution is 2.30. The lowest BCUT2D eigenvalue weighted by molar-refractivity contribution is -0.384. The lowest BCUT2D eigenvalue weighted by Crippen LogP contribution is -2.14. The van der Waals surface area contributed by atoms with E-state index in [2.05, 4.69) is 15.2 Å². The molecule has 1 heterocycles. The van der Waals surface area contributed by atoms with Crippen LogP contribution in [0.5, 0.6) is 0 Å². The molecule has 4 rings (SSSR count). The van der Waals surface area contributed by atoms with Gasteiger partial charge in [-0.25, -0.2) is 8.42 Å². The number of rotatable bonds is 8. The van der Waals surface area contributed by atoms with Crippen molar-refractivity contribution in [2.75, 3.05) is 10.1 Å². The monoisotopic (exact) mass is 524 g/mol. The average molecular weight is 525 g/mol. The summed E-state index contributed by atoms with van der Waals surface area (Å²) in [7, 11) is -4.06. The fourth-order valence-corrected chi connectivity index (χ4v) is 4.83. The number of benzene rings is 3. The van der Waals surface area contributed by atoms with E-state index in [0.717, 1.165) is 17.2 Å². The van der Waals surface area contributed by atoms with Gasteiger partial charge in [-0.05, 0) is 61.9 Å². The van der Waals surface area contributed by atoms with Gasteiger partial charge >= 0.3 is 0 Å². The molecule has 0 atom stereocenters. The number of nitrogens with zero attached hydrogens (tertiary/aromatic N) is 2. The van der Waals surface area contributed by atoms with Gasteiger partial charge in [-0.15, -0.1) is 0 Å². The fraction of sp³-hybridized carbons (Fsp3) is 0.0800. The molecule has 0 radical (unpaired) electrons. The second kappa shape index (κ2) is 10.2. The summed E-state index contributed by atoms with van der Waals surface area (Å²) in [5.74, 6) is 0.927. The van der Waals surface area contributed by atoms with Crippen LogP contribution in [0.4, 0.5) is 17.1 Å². The highest BCUT2D eigenvalue weighted by molar-refractivity contribution is 7.92. The van der Waals surface area contributed by atoms with Gasteiger partial charge < -0.3 is 4.42 Å². The molecule has 0 bridgehead atoms. The van der Waals surface area contributed by atoms with E-state index in [1.807, 2.05) is 31.2 Å². The Morgan fingerprint density at radius 1 is 1.00 bits per heavy atom. The van der Waals surface area contributed by atoms with Gasteiger partial charge in [0.05, 0.1) is 26.7 Å². The molecule has 3 aromatic carbocycles. The Bertz CT molecular complexity index is 1580. The summed E-state index contributed by atoms with van der Waals surface area (Å²) >= 11 is 6.19. The Morgan fingerprint density at radius 3 is 2.47 bits per heavy atom. The minimum Gasteiger partial charge on any atom is -0.455 e. The molecular weight excluding hydrogens is 504 g/mol. The molecule has 0 aliphatic rings. The van der Waals surface area contributed by atoms with Gasteiger partial charge in [-0.2, -0.15) is 5.10 Å². The van der Waals surface area contributed by atoms with Crippen LogP contribution in [-0.4, -0.2) is 19.6 Å². The smallest absolute Gasteiger partial charge is 0.295 e. The fourth-order valence-electron chi connectivity index (χ4n) is 3.45. The average Bonchev–Trinajstić information content (AvgIpc) is 3.30. The molecule has 0 unspecified atom stereocenters. The normalized spacial score (nSPS) is 11.5. The number of nitro groups is 1. The number of anilines is 2. The van der Waals surface area contributed by atoms with Gasteiger partial charge in [0.15, 0.2) is 0 Å². The molecule has 184 valence electrons. The number of hydrazone groups is 1. The zero-order valence-corrected chi connectivity index (χ0v) is 20.8. The zero-order chi connectivity index (χ0) is 25.9. The summed E-state index contributed by atoms with van der Waals surface area (Å²) < 4.78 is 33.9. The van der Waals surface area contributed by atoms with Gasteiger partial charge in [-0.3, -0.25) is 20.3 Å². The third kappa shape index (κ3) is 5.56. The lowest BCUT2D eigenvalue weighted by atomic mass is 10.1. The van der Waals surface area contributed by atoms with E-state index in [1.54, 1.807) is 37.3 Å². The summed E-state index contributed by atoms with van der Waals surface area (Å²) in [4.78, 5) is 10.7. The van der Waals surface area contributed by atoms with Crippen LogP contribution < -0.4 is 10.1 Å². The van der Waals surface area contributed by atoms with E-state index in [9.17, 15) is 18.5 Å². The Morgan fingerprint density at radius 2 is 1.75 bits per heavy atom. The summed E-state index contributed by atoms with van der Waals surface area (Å²) in [6.45, 7) is 3.67. The number of aryl methyl sites for hydroxylation is 2. The molecule has 0 saturated heterocycles. The predicted molar refractivity (Wildman–Crippen MR) is 140 cm³/mol. The molecule has 0 amide bonds. The van der Waals surface area contributed by atoms with Crippen molar-refractivity contribution < 1.29 is 17.8 Å². The largest absolute Gasteiger partial charge is 0.455 e. The third-order valence-corrected chi connectivity index (χ3v) is 6.94. The highest BCUT2D eigenvalue weighted by atomic mass is 35.5. The number of nitrogens with one attached hydrogen (secondary N) is 2. The predicted octanol–water partition coefficient (Wildman–Crippen LogP) is 6.37. The van der Waals surface area contributed by atoms with E-state index in [0.29, 0.717) is 27.8 Å². The van der Waals surface area contributed by atoms with Crippen LogP contribution in [0.3, 0.4) is 0 Å². The van der Waals surface area contributed by atoms with Crippen molar-refractivity contribution in [1.29, 1.82) is 0 Å². The second-order valence-electron chi connectivity index (χ2n) is 7.91. The third-order valence-electron chi connectivity index (χ3n) is 5.25. The molecular formula is C25H21ClN4O5S. The van der Waals surface area contributed by atoms with Crippen LogP contribution in [0.15, 0.2) is 87.2 Å². The number of sulfonamides is 1. The van der Waals surface area contributed by atoms with E-state index < -0.39 is 20.6 Å². The first-order chi connectivity index (χ1) is 17.1. The molecule has 0 aliphatic carbocycles. The first-order valence-corrected chi connectivity index (χ1v) is 12.5. The van der Waals surface area contributed by atoms with Crippen LogP contribution in [0.25, 0.3) is 11.3 Å². The summed E-state index contributed by atoms with van der Waals surface area (Å²) in [6, 6.07) is 19.4.